The van der Waals surface area contributed by atoms with Gasteiger partial charge >= 0.3 is 6.03 Å². The van der Waals surface area contributed by atoms with Gasteiger partial charge in [0.05, 0.1) is 6.54 Å². The first-order valence-electron chi connectivity index (χ1n) is 12.4. The molecule has 12 heteroatoms. The number of rotatable bonds is 8. The summed E-state index contributed by atoms with van der Waals surface area (Å²) in [7, 11) is 0. The number of hydrogen-bond acceptors (Lipinski definition) is 5. The summed E-state index contributed by atoms with van der Waals surface area (Å²) in [6.07, 6.45) is -0.119. The molecule has 9 nitrogen and oxygen atoms in total. The van der Waals surface area contributed by atoms with Crippen molar-refractivity contribution in [3.63, 3.8) is 0 Å². The number of carbonyl (C=O) groups excluding carboxylic acids is 3. The van der Waals surface area contributed by atoms with Crippen LogP contribution in [0.25, 0.3) is 0 Å². The third-order valence-corrected chi connectivity index (χ3v) is 7.12. The van der Waals surface area contributed by atoms with E-state index < -0.39 is 36.8 Å². The molecule has 0 aliphatic carbocycles. The molecular weight excluding hydrogens is 518 g/mol. The van der Waals surface area contributed by atoms with Gasteiger partial charge in [0.25, 0.3) is 0 Å². The van der Waals surface area contributed by atoms with E-state index in [1.807, 2.05) is 13.0 Å². The van der Waals surface area contributed by atoms with E-state index in [-0.39, 0.29) is 32.1 Å². The normalized spacial score (nSPS) is 20.1. The molecule has 2 heterocycles. The molecule has 0 unspecified atom stereocenters. The van der Waals surface area contributed by atoms with E-state index in [9.17, 15) is 23.2 Å². The van der Waals surface area contributed by atoms with Crippen LogP contribution in [0.15, 0.2) is 42.5 Å². The Hall–Kier alpha value is -3.28. The predicted molar refractivity (Wildman–Crippen MR) is 137 cm³/mol. The molecule has 2 aliphatic rings. The van der Waals surface area contributed by atoms with Crippen LogP contribution in [-0.2, 0) is 22.7 Å². The van der Waals surface area contributed by atoms with E-state index in [0.29, 0.717) is 30.0 Å². The maximum absolute atomic E-state index is 14.1. The summed E-state index contributed by atoms with van der Waals surface area (Å²) >= 11 is 6.10. The van der Waals surface area contributed by atoms with Gasteiger partial charge in [-0.05, 0) is 67.3 Å². The third-order valence-electron chi connectivity index (χ3n) is 6.88. The lowest BCUT2D eigenvalue weighted by Gasteiger charge is -2.54. The van der Waals surface area contributed by atoms with Gasteiger partial charge in [0.15, 0.2) is 6.80 Å². The molecule has 2 atom stereocenters. The van der Waals surface area contributed by atoms with E-state index >= 15 is 0 Å². The minimum absolute atomic E-state index is 0.00771. The maximum Gasteiger partial charge on any atom is 0.334 e. The van der Waals surface area contributed by atoms with Crippen LogP contribution in [0.2, 0.25) is 5.02 Å². The second kappa shape index (κ2) is 12.1. The van der Waals surface area contributed by atoms with Gasteiger partial charge in [-0.25, -0.2) is 18.6 Å². The highest BCUT2D eigenvalue weighted by molar-refractivity contribution is 6.30. The number of alkyl halides is 1. The summed E-state index contributed by atoms with van der Waals surface area (Å²) in [5.74, 6) is -1.09. The Morgan fingerprint density at radius 3 is 2.58 bits per heavy atom. The molecule has 2 saturated heterocycles. The lowest BCUT2D eigenvalue weighted by Crippen LogP contribution is -2.76. The monoisotopic (exact) mass is 548 g/mol. The summed E-state index contributed by atoms with van der Waals surface area (Å²) in [4.78, 5) is 43.1. The summed E-state index contributed by atoms with van der Waals surface area (Å²) in [5.41, 5.74) is 8.12. The largest absolute Gasteiger partial charge is 0.334 e. The second-order valence-electron chi connectivity index (χ2n) is 9.43. The van der Waals surface area contributed by atoms with Crippen LogP contribution in [0.4, 0.5) is 13.6 Å². The van der Waals surface area contributed by atoms with Crippen LogP contribution in [0.1, 0.15) is 29.5 Å². The number of nitrogens with one attached hydrogen (secondary N) is 1. The first-order chi connectivity index (χ1) is 18.2. The quantitative estimate of drug-likeness (QED) is 0.494. The number of aryl methyl sites for hydroxylation is 1. The number of benzene rings is 2. The van der Waals surface area contributed by atoms with E-state index in [1.54, 1.807) is 17.0 Å². The molecule has 0 saturated carbocycles. The number of nitrogens with two attached hydrogens (primary N) is 1. The van der Waals surface area contributed by atoms with Crippen molar-refractivity contribution < 1.29 is 23.2 Å². The van der Waals surface area contributed by atoms with Crippen molar-refractivity contribution in [2.75, 3.05) is 26.4 Å². The van der Waals surface area contributed by atoms with Crippen molar-refractivity contribution in [2.24, 2.45) is 5.73 Å². The van der Waals surface area contributed by atoms with Gasteiger partial charge < -0.3 is 20.9 Å². The van der Waals surface area contributed by atoms with Crippen LogP contribution in [0.5, 0.6) is 0 Å². The van der Waals surface area contributed by atoms with Crippen molar-refractivity contribution in [1.82, 2.24) is 25.1 Å². The number of piperazine rings is 1. The molecule has 38 heavy (non-hydrogen) atoms. The van der Waals surface area contributed by atoms with Crippen molar-refractivity contribution in [3.8, 4) is 0 Å². The first kappa shape index (κ1) is 27.7. The number of carbonyl (C=O) groups is 3. The number of amides is 4. The Morgan fingerprint density at radius 2 is 1.92 bits per heavy atom. The number of halogens is 3. The summed E-state index contributed by atoms with van der Waals surface area (Å²) in [6, 6.07) is 9.52. The van der Waals surface area contributed by atoms with Crippen molar-refractivity contribution in [1.29, 1.82) is 0 Å². The number of urea groups is 1. The van der Waals surface area contributed by atoms with Gasteiger partial charge in [-0.1, -0.05) is 29.8 Å². The summed E-state index contributed by atoms with van der Waals surface area (Å²) < 4.78 is 27.4. The van der Waals surface area contributed by atoms with Crippen molar-refractivity contribution in [3.05, 3.63) is 70.0 Å². The number of hydrazine groups is 1. The SMILES string of the molecule is Cc1cc(Cl)ccc1CN1C[C@H]2N(C(=O)CN(CF)N2C(=O)NCc2ccc(F)cc2)[C@@H](CCCN)C1=O. The smallest absolute Gasteiger partial charge is 0.333 e. The lowest BCUT2D eigenvalue weighted by atomic mass is 10.0. The Bertz CT molecular complexity index is 1180. The predicted octanol–water partition coefficient (Wildman–Crippen LogP) is 2.76. The van der Waals surface area contributed by atoms with Gasteiger partial charge in [-0.2, -0.15) is 5.01 Å². The molecule has 4 amide bonds. The highest BCUT2D eigenvalue weighted by Gasteiger charge is 2.51. The zero-order chi connectivity index (χ0) is 27.4. The molecule has 2 aromatic rings. The van der Waals surface area contributed by atoms with Crippen LogP contribution < -0.4 is 11.1 Å². The zero-order valence-corrected chi connectivity index (χ0v) is 21.8. The maximum atomic E-state index is 14.1. The molecule has 0 radical (unpaired) electrons. The molecule has 2 fully saturated rings. The molecule has 0 spiro atoms. The van der Waals surface area contributed by atoms with Crippen LogP contribution in [0, 0.1) is 12.7 Å². The Morgan fingerprint density at radius 1 is 1.18 bits per heavy atom. The van der Waals surface area contributed by atoms with Crippen molar-refractivity contribution in [2.45, 2.75) is 45.1 Å². The fourth-order valence-corrected chi connectivity index (χ4v) is 5.16. The van der Waals surface area contributed by atoms with Gasteiger partial charge in [0.2, 0.25) is 11.8 Å². The van der Waals surface area contributed by atoms with Crippen LogP contribution in [-0.4, -0.2) is 76.3 Å². The molecule has 3 N–H and O–H groups in total. The zero-order valence-electron chi connectivity index (χ0n) is 21.1. The van der Waals surface area contributed by atoms with Crippen molar-refractivity contribution >= 4 is 29.4 Å². The number of fused-ring (bicyclic) bond motifs is 1. The highest BCUT2D eigenvalue weighted by atomic mass is 35.5. The van der Waals surface area contributed by atoms with E-state index in [1.165, 1.54) is 34.2 Å². The Kier molecular flexibility index (Phi) is 8.80. The lowest BCUT2D eigenvalue weighted by molar-refractivity contribution is -0.195. The molecule has 0 aromatic heterocycles. The standard InChI is InChI=1S/C26H31ClF2N6O3/c1-17-11-20(27)7-6-19(17)13-32-14-23-34(22(25(32)37)3-2-10-30)24(36)15-33(16-28)35(23)26(38)31-12-18-4-8-21(29)9-5-18/h4-9,11,22-23H,2-3,10,12-16,30H2,1H3,(H,31,38)/t22-,23-/m0/s1. The number of hydrogen-bond donors (Lipinski definition) is 2. The van der Waals surface area contributed by atoms with E-state index in [4.69, 9.17) is 17.3 Å². The minimum Gasteiger partial charge on any atom is -0.333 e. The average Bonchev–Trinajstić information content (AvgIpc) is 2.89. The molecule has 0 bridgehead atoms. The fraction of sp³-hybridized carbons (Fsp3) is 0.423. The van der Waals surface area contributed by atoms with Gasteiger partial charge in [-0.3, -0.25) is 9.59 Å². The first-order valence-corrected chi connectivity index (χ1v) is 12.8. The molecule has 4 rings (SSSR count). The molecule has 2 aliphatic heterocycles. The highest BCUT2D eigenvalue weighted by Crippen LogP contribution is 2.30. The second-order valence-corrected chi connectivity index (χ2v) is 9.87. The van der Waals surface area contributed by atoms with Crippen LogP contribution >= 0.6 is 11.6 Å². The topological polar surface area (TPSA) is 102 Å². The van der Waals surface area contributed by atoms with E-state index in [2.05, 4.69) is 5.32 Å². The number of nitrogens with zero attached hydrogens (tertiary/aromatic N) is 4. The molecular formula is C26H31ClF2N6O3. The average molecular weight is 549 g/mol. The molecule has 2 aromatic carbocycles. The van der Waals surface area contributed by atoms with Gasteiger partial charge in [0, 0.05) is 18.1 Å². The summed E-state index contributed by atoms with van der Waals surface area (Å²) in [5, 5.41) is 5.51. The fourth-order valence-electron chi connectivity index (χ4n) is 4.93. The van der Waals surface area contributed by atoms with Gasteiger partial charge in [-0.15, -0.1) is 0 Å². The van der Waals surface area contributed by atoms with Gasteiger partial charge in [0.1, 0.15) is 24.6 Å². The van der Waals surface area contributed by atoms with E-state index in [0.717, 1.165) is 16.1 Å². The summed E-state index contributed by atoms with van der Waals surface area (Å²) in [6.45, 7) is 1.05. The van der Waals surface area contributed by atoms with Crippen LogP contribution in [0.3, 0.4) is 0 Å². The Labute approximate surface area is 225 Å². The minimum atomic E-state index is -1.07. The molecule has 204 valence electrons. The third kappa shape index (κ3) is 5.90. The Balaban J connectivity index is 1.63.